The summed E-state index contributed by atoms with van der Waals surface area (Å²) in [5.74, 6) is -1.47. The third-order valence-electron chi connectivity index (χ3n) is 5.08. The molecule has 2 aromatic carbocycles. The van der Waals surface area contributed by atoms with Gasteiger partial charge in [-0.3, -0.25) is 19.7 Å². The van der Waals surface area contributed by atoms with Gasteiger partial charge in [0.2, 0.25) is 0 Å². The Hall–Kier alpha value is -3.72. The molecule has 3 rings (SSSR count). The zero-order valence-electron chi connectivity index (χ0n) is 18.0. The number of amides is 1. The second kappa shape index (κ2) is 9.61. The lowest BCUT2D eigenvalue weighted by molar-refractivity contribution is -0.384. The minimum Gasteiger partial charge on any atom is -0.507 e. The number of hydrogen-bond donors (Lipinski definition) is 1. The van der Waals surface area contributed by atoms with Gasteiger partial charge in [-0.1, -0.05) is 12.1 Å². The highest BCUT2D eigenvalue weighted by Gasteiger charge is 2.46. The van der Waals surface area contributed by atoms with Crippen molar-refractivity contribution in [3.8, 4) is 5.75 Å². The van der Waals surface area contributed by atoms with Crippen LogP contribution in [-0.4, -0.2) is 53.0 Å². The van der Waals surface area contributed by atoms with Gasteiger partial charge in [0, 0.05) is 24.2 Å². The molecule has 2 aromatic rings. The van der Waals surface area contributed by atoms with Gasteiger partial charge in [-0.25, -0.2) is 0 Å². The molecule has 1 aliphatic rings. The molecule has 0 saturated carbocycles. The van der Waals surface area contributed by atoms with Gasteiger partial charge in [-0.05, 0) is 43.7 Å². The van der Waals surface area contributed by atoms with E-state index in [-0.39, 0.29) is 36.1 Å². The number of likely N-dealkylation sites (tertiary alicyclic amines) is 1. The third-order valence-corrected chi connectivity index (χ3v) is 5.08. The number of benzene rings is 2. The number of ether oxygens (including phenoxy) is 2. The number of nitro groups is 1. The Morgan fingerprint density at radius 2 is 1.88 bits per heavy atom. The zero-order chi connectivity index (χ0) is 23.4. The highest BCUT2D eigenvalue weighted by atomic mass is 16.6. The number of carbonyl (C=O) groups is 2. The Bertz CT molecular complexity index is 1060. The molecule has 1 amide bonds. The standard InChI is InChI=1S/C23H24N2O7/c1-14(2)32-12-11-24-20(16-5-4-6-18(13-16)31-3)19(22(27)23(24)28)21(26)15-7-9-17(10-8-15)25(29)30/h4-10,13-14,20,26H,11-12H2,1-3H3/b21-19-. The molecule has 1 atom stereocenters. The normalized spacial score (nSPS) is 17.8. The summed E-state index contributed by atoms with van der Waals surface area (Å²) in [6.45, 7) is 4.08. The molecular weight excluding hydrogens is 416 g/mol. The fourth-order valence-electron chi connectivity index (χ4n) is 3.55. The molecule has 9 heteroatoms. The van der Waals surface area contributed by atoms with Crippen LogP contribution < -0.4 is 4.74 Å². The molecule has 168 valence electrons. The first-order chi connectivity index (χ1) is 15.2. The third kappa shape index (κ3) is 4.62. The van der Waals surface area contributed by atoms with Crippen LogP contribution in [-0.2, 0) is 14.3 Å². The zero-order valence-corrected chi connectivity index (χ0v) is 18.0. The van der Waals surface area contributed by atoms with E-state index in [1.54, 1.807) is 24.3 Å². The summed E-state index contributed by atoms with van der Waals surface area (Å²) in [7, 11) is 1.50. The fourth-order valence-corrected chi connectivity index (χ4v) is 3.55. The molecule has 0 aromatic heterocycles. The maximum Gasteiger partial charge on any atom is 0.295 e. The molecule has 1 fully saturated rings. The molecule has 0 bridgehead atoms. The Labute approximate surface area is 185 Å². The second-order valence-electron chi connectivity index (χ2n) is 7.49. The minimum atomic E-state index is -0.865. The summed E-state index contributed by atoms with van der Waals surface area (Å²) >= 11 is 0. The number of rotatable bonds is 8. The first-order valence-corrected chi connectivity index (χ1v) is 10.0. The van der Waals surface area contributed by atoms with Crippen molar-refractivity contribution in [3.05, 3.63) is 75.3 Å². The van der Waals surface area contributed by atoms with Crippen LogP contribution in [0.5, 0.6) is 5.75 Å². The molecule has 1 heterocycles. The van der Waals surface area contributed by atoms with Gasteiger partial charge >= 0.3 is 0 Å². The highest BCUT2D eigenvalue weighted by Crippen LogP contribution is 2.40. The fraction of sp³-hybridized carbons (Fsp3) is 0.304. The summed E-state index contributed by atoms with van der Waals surface area (Å²) < 4.78 is 10.8. The number of non-ortho nitro benzene ring substituents is 1. The number of aliphatic hydroxyl groups excluding tert-OH is 1. The van der Waals surface area contributed by atoms with Crippen molar-refractivity contribution in [2.75, 3.05) is 20.3 Å². The average molecular weight is 440 g/mol. The Kier molecular flexibility index (Phi) is 6.89. The van der Waals surface area contributed by atoms with Gasteiger partial charge in [0.1, 0.15) is 11.5 Å². The van der Waals surface area contributed by atoms with Crippen molar-refractivity contribution in [2.24, 2.45) is 0 Å². The van der Waals surface area contributed by atoms with Crippen LogP contribution in [0, 0.1) is 10.1 Å². The van der Waals surface area contributed by atoms with Crippen LogP contribution in [0.4, 0.5) is 5.69 Å². The van der Waals surface area contributed by atoms with Gasteiger partial charge in [-0.15, -0.1) is 0 Å². The molecule has 1 N–H and O–H groups in total. The highest BCUT2D eigenvalue weighted by molar-refractivity contribution is 6.46. The van der Waals surface area contributed by atoms with Crippen molar-refractivity contribution >= 4 is 23.1 Å². The van der Waals surface area contributed by atoms with E-state index in [2.05, 4.69) is 0 Å². The lowest BCUT2D eigenvalue weighted by Crippen LogP contribution is -2.33. The van der Waals surface area contributed by atoms with Crippen LogP contribution in [0.25, 0.3) is 5.76 Å². The van der Waals surface area contributed by atoms with Crippen molar-refractivity contribution in [3.63, 3.8) is 0 Å². The Morgan fingerprint density at radius 1 is 1.19 bits per heavy atom. The molecule has 32 heavy (non-hydrogen) atoms. The van der Waals surface area contributed by atoms with E-state index in [4.69, 9.17) is 9.47 Å². The van der Waals surface area contributed by atoms with Crippen LogP contribution in [0.1, 0.15) is 31.0 Å². The maximum absolute atomic E-state index is 13.0. The number of carbonyl (C=O) groups excluding carboxylic acids is 2. The van der Waals surface area contributed by atoms with E-state index in [1.807, 2.05) is 13.8 Å². The molecule has 0 radical (unpaired) electrons. The summed E-state index contributed by atoms with van der Waals surface area (Å²) in [5, 5.41) is 21.9. The van der Waals surface area contributed by atoms with E-state index in [1.165, 1.54) is 36.3 Å². The summed E-state index contributed by atoms with van der Waals surface area (Å²) in [4.78, 5) is 37.5. The van der Waals surface area contributed by atoms with Crippen molar-refractivity contribution in [1.82, 2.24) is 4.90 Å². The average Bonchev–Trinajstić information content (AvgIpc) is 3.03. The number of Topliss-reactive ketones (excluding diaryl/α,β-unsaturated/α-hetero) is 1. The number of nitrogens with zero attached hydrogens (tertiary/aromatic N) is 2. The van der Waals surface area contributed by atoms with Gasteiger partial charge in [-0.2, -0.15) is 0 Å². The van der Waals surface area contributed by atoms with Crippen molar-refractivity contribution in [2.45, 2.75) is 26.0 Å². The topological polar surface area (TPSA) is 119 Å². The number of hydrogen-bond acceptors (Lipinski definition) is 7. The smallest absolute Gasteiger partial charge is 0.295 e. The largest absolute Gasteiger partial charge is 0.507 e. The van der Waals surface area contributed by atoms with Crippen molar-refractivity contribution < 1.29 is 29.1 Å². The SMILES string of the molecule is COc1cccc(C2/C(=C(/O)c3ccc([N+](=O)[O-])cc3)C(=O)C(=O)N2CCOC(C)C)c1. The quantitative estimate of drug-likeness (QED) is 0.219. The number of nitro benzene ring substituents is 1. The lowest BCUT2D eigenvalue weighted by Gasteiger charge is -2.26. The van der Waals surface area contributed by atoms with Gasteiger partial charge < -0.3 is 19.5 Å². The number of methoxy groups -OCH3 is 1. The molecule has 9 nitrogen and oxygen atoms in total. The van der Waals surface area contributed by atoms with Gasteiger partial charge in [0.25, 0.3) is 17.4 Å². The predicted octanol–water partition coefficient (Wildman–Crippen LogP) is 3.45. The van der Waals surface area contributed by atoms with E-state index in [9.17, 15) is 24.8 Å². The lowest BCUT2D eigenvalue weighted by atomic mass is 9.95. The number of aliphatic hydroxyl groups is 1. The van der Waals surface area contributed by atoms with Crippen LogP contribution in [0.2, 0.25) is 0 Å². The summed E-state index contributed by atoms with van der Waals surface area (Å²) in [5.41, 5.74) is 0.523. The van der Waals surface area contributed by atoms with Crippen LogP contribution in [0.15, 0.2) is 54.1 Å². The molecule has 1 unspecified atom stereocenters. The summed E-state index contributed by atoms with van der Waals surface area (Å²) in [6.07, 6.45) is -0.0535. The van der Waals surface area contributed by atoms with E-state index < -0.39 is 28.4 Å². The predicted molar refractivity (Wildman–Crippen MR) is 116 cm³/mol. The van der Waals surface area contributed by atoms with Gasteiger partial charge in [0.05, 0.1) is 36.4 Å². The van der Waals surface area contributed by atoms with Crippen LogP contribution >= 0.6 is 0 Å². The van der Waals surface area contributed by atoms with E-state index in [0.717, 1.165) is 0 Å². The Balaban J connectivity index is 2.10. The molecule has 0 spiro atoms. The summed E-state index contributed by atoms with van der Waals surface area (Å²) in [6, 6.07) is 11.1. The van der Waals surface area contributed by atoms with Crippen LogP contribution in [0.3, 0.4) is 0 Å². The molecule has 0 aliphatic carbocycles. The molecule has 1 aliphatic heterocycles. The number of ketones is 1. The van der Waals surface area contributed by atoms with E-state index in [0.29, 0.717) is 11.3 Å². The second-order valence-corrected chi connectivity index (χ2v) is 7.49. The monoisotopic (exact) mass is 440 g/mol. The molecule has 1 saturated heterocycles. The van der Waals surface area contributed by atoms with E-state index >= 15 is 0 Å². The first kappa shape index (κ1) is 23.0. The van der Waals surface area contributed by atoms with Gasteiger partial charge in [0.15, 0.2) is 0 Å². The van der Waals surface area contributed by atoms with Crippen molar-refractivity contribution in [1.29, 1.82) is 0 Å². The maximum atomic E-state index is 13.0. The minimum absolute atomic E-state index is 0.0535. The Morgan fingerprint density at radius 3 is 2.47 bits per heavy atom. The molecular formula is C23H24N2O7. The first-order valence-electron chi connectivity index (χ1n) is 10.0.